The van der Waals surface area contributed by atoms with Gasteiger partial charge in [0.15, 0.2) is 5.16 Å². The summed E-state index contributed by atoms with van der Waals surface area (Å²) < 4.78 is 1.85. The Morgan fingerprint density at radius 2 is 1.93 bits per heavy atom. The van der Waals surface area contributed by atoms with Gasteiger partial charge in [-0.1, -0.05) is 42.1 Å². The van der Waals surface area contributed by atoms with Crippen molar-refractivity contribution in [3.8, 4) is 5.69 Å². The molecule has 0 unspecified atom stereocenters. The molecule has 2 amide bonds. The first-order chi connectivity index (χ1) is 14.2. The minimum absolute atomic E-state index is 0.0718. The highest BCUT2D eigenvalue weighted by atomic mass is 32.2. The van der Waals surface area contributed by atoms with Crippen LogP contribution in [-0.2, 0) is 11.3 Å². The SMILES string of the molecule is CSc1ncc(C(=O)NCc2cccc(NC(=O)C3CC3)c2)n1-c1ccccc1. The Labute approximate surface area is 173 Å². The highest BCUT2D eigenvalue weighted by Gasteiger charge is 2.29. The molecule has 1 fully saturated rings. The van der Waals surface area contributed by atoms with Crippen LogP contribution in [0.1, 0.15) is 28.9 Å². The molecule has 0 atom stereocenters. The van der Waals surface area contributed by atoms with Crippen LogP contribution in [-0.4, -0.2) is 27.6 Å². The number of aromatic nitrogens is 2. The van der Waals surface area contributed by atoms with E-state index in [0.717, 1.165) is 34.9 Å². The van der Waals surface area contributed by atoms with Crippen molar-refractivity contribution in [1.29, 1.82) is 0 Å². The van der Waals surface area contributed by atoms with Crippen LogP contribution in [0.15, 0.2) is 66.0 Å². The van der Waals surface area contributed by atoms with E-state index in [2.05, 4.69) is 15.6 Å². The zero-order valence-electron chi connectivity index (χ0n) is 16.1. The van der Waals surface area contributed by atoms with Gasteiger partial charge in [0, 0.05) is 23.8 Å². The van der Waals surface area contributed by atoms with Crippen molar-refractivity contribution in [2.75, 3.05) is 11.6 Å². The number of para-hydroxylation sites is 1. The Kier molecular flexibility index (Phi) is 5.67. The molecule has 0 aliphatic heterocycles. The largest absolute Gasteiger partial charge is 0.347 e. The Bertz CT molecular complexity index is 1030. The molecule has 7 heteroatoms. The van der Waals surface area contributed by atoms with Gasteiger partial charge in [-0.2, -0.15) is 0 Å². The van der Waals surface area contributed by atoms with Crippen LogP contribution in [0, 0.1) is 5.92 Å². The second kappa shape index (κ2) is 8.53. The first kappa shape index (κ1) is 19.3. The number of amides is 2. The predicted molar refractivity (Wildman–Crippen MR) is 114 cm³/mol. The zero-order chi connectivity index (χ0) is 20.2. The summed E-state index contributed by atoms with van der Waals surface area (Å²) in [6.07, 6.45) is 5.47. The van der Waals surface area contributed by atoms with Crippen LogP contribution in [0.4, 0.5) is 5.69 Å². The van der Waals surface area contributed by atoms with Crippen LogP contribution < -0.4 is 10.6 Å². The second-order valence-electron chi connectivity index (χ2n) is 6.95. The summed E-state index contributed by atoms with van der Waals surface area (Å²) in [6, 6.07) is 17.3. The number of carbonyl (C=O) groups excluding carboxylic acids is 2. The van der Waals surface area contributed by atoms with Crippen molar-refractivity contribution in [3.05, 3.63) is 72.1 Å². The normalized spacial score (nSPS) is 13.1. The van der Waals surface area contributed by atoms with Gasteiger partial charge >= 0.3 is 0 Å². The van der Waals surface area contributed by atoms with Gasteiger partial charge in [-0.15, -0.1) is 0 Å². The number of anilines is 1. The Morgan fingerprint density at radius 3 is 2.66 bits per heavy atom. The Hall–Kier alpha value is -3.06. The van der Waals surface area contributed by atoms with Crippen LogP contribution >= 0.6 is 11.8 Å². The Morgan fingerprint density at radius 1 is 1.14 bits per heavy atom. The zero-order valence-corrected chi connectivity index (χ0v) is 16.9. The number of thioether (sulfide) groups is 1. The van der Waals surface area contributed by atoms with Crippen LogP contribution in [0.25, 0.3) is 5.69 Å². The highest BCUT2D eigenvalue weighted by molar-refractivity contribution is 7.98. The van der Waals surface area contributed by atoms with Gasteiger partial charge < -0.3 is 10.6 Å². The lowest BCUT2D eigenvalue weighted by molar-refractivity contribution is -0.117. The van der Waals surface area contributed by atoms with E-state index in [0.29, 0.717) is 12.2 Å². The van der Waals surface area contributed by atoms with Gasteiger partial charge in [-0.05, 0) is 48.9 Å². The average molecular weight is 407 g/mol. The predicted octanol–water partition coefficient (Wildman–Crippen LogP) is 3.87. The number of nitrogens with zero attached hydrogens (tertiary/aromatic N) is 2. The molecular formula is C22H22N4O2S. The first-order valence-corrected chi connectivity index (χ1v) is 10.7. The van der Waals surface area contributed by atoms with Crippen molar-refractivity contribution < 1.29 is 9.59 Å². The fraction of sp³-hybridized carbons (Fsp3) is 0.227. The van der Waals surface area contributed by atoms with E-state index in [1.54, 1.807) is 6.20 Å². The van der Waals surface area contributed by atoms with E-state index >= 15 is 0 Å². The lowest BCUT2D eigenvalue weighted by atomic mass is 10.2. The summed E-state index contributed by atoms with van der Waals surface area (Å²) in [5.41, 5.74) is 3.05. The molecule has 1 aliphatic rings. The molecule has 2 aromatic carbocycles. The van der Waals surface area contributed by atoms with Gasteiger partial charge in [0.2, 0.25) is 5.91 Å². The molecule has 4 rings (SSSR count). The lowest BCUT2D eigenvalue weighted by Gasteiger charge is -2.12. The summed E-state index contributed by atoms with van der Waals surface area (Å²) in [5, 5.41) is 6.65. The summed E-state index contributed by atoms with van der Waals surface area (Å²) in [5.74, 6) is 0.0267. The van der Waals surface area contributed by atoms with Crippen molar-refractivity contribution in [2.24, 2.45) is 5.92 Å². The van der Waals surface area contributed by atoms with Crippen LogP contribution in [0.5, 0.6) is 0 Å². The number of nitrogens with one attached hydrogen (secondary N) is 2. The van der Waals surface area contributed by atoms with E-state index in [-0.39, 0.29) is 17.7 Å². The standard InChI is InChI=1S/C22H22N4O2S/c1-29-22-24-14-19(26(22)18-8-3-2-4-9-18)21(28)23-13-15-6-5-7-17(12-15)25-20(27)16-10-11-16/h2-9,12,14,16H,10-11,13H2,1H3,(H,23,28)(H,25,27). The molecule has 1 aromatic heterocycles. The van der Waals surface area contributed by atoms with E-state index in [4.69, 9.17) is 0 Å². The third kappa shape index (κ3) is 4.51. The quantitative estimate of drug-likeness (QED) is 0.584. The van der Waals surface area contributed by atoms with Crippen molar-refractivity contribution in [2.45, 2.75) is 24.5 Å². The number of rotatable bonds is 7. The summed E-state index contributed by atoms with van der Waals surface area (Å²) >= 11 is 1.49. The van der Waals surface area contributed by atoms with E-state index < -0.39 is 0 Å². The molecule has 0 saturated heterocycles. The molecule has 2 N–H and O–H groups in total. The monoisotopic (exact) mass is 406 g/mol. The maximum Gasteiger partial charge on any atom is 0.270 e. The minimum atomic E-state index is -0.200. The molecule has 0 bridgehead atoms. The van der Waals surface area contributed by atoms with Gasteiger partial charge in [0.1, 0.15) is 5.69 Å². The Balaban J connectivity index is 1.47. The third-order valence-corrected chi connectivity index (χ3v) is 5.41. The topological polar surface area (TPSA) is 76.0 Å². The minimum Gasteiger partial charge on any atom is -0.347 e. The highest BCUT2D eigenvalue weighted by Crippen LogP contribution is 2.30. The molecule has 148 valence electrons. The molecule has 1 saturated carbocycles. The smallest absolute Gasteiger partial charge is 0.270 e. The summed E-state index contributed by atoms with van der Waals surface area (Å²) in [4.78, 5) is 29.2. The molecule has 3 aromatic rings. The number of hydrogen-bond donors (Lipinski definition) is 2. The number of carbonyl (C=O) groups is 2. The number of benzene rings is 2. The van der Waals surface area contributed by atoms with Gasteiger partial charge in [-0.3, -0.25) is 14.2 Å². The van der Waals surface area contributed by atoms with Crippen molar-refractivity contribution in [3.63, 3.8) is 0 Å². The van der Waals surface area contributed by atoms with Gasteiger partial charge in [0.05, 0.1) is 6.20 Å². The molecule has 1 heterocycles. The third-order valence-electron chi connectivity index (χ3n) is 4.75. The lowest BCUT2D eigenvalue weighted by Crippen LogP contribution is -2.25. The molecule has 1 aliphatic carbocycles. The molecule has 0 radical (unpaired) electrons. The molecule has 29 heavy (non-hydrogen) atoms. The molecular weight excluding hydrogens is 384 g/mol. The maximum absolute atomic E-state index is 12.9. The van der Waals surface area contributed by atoms with Gasteiger partial charge in [0.25, 0.3) is 5.91 Å². The van der Waals surface area contributed by atoms with E-state index in [1.807, 2.05) is 65.4 Å². The summed E-state index contributed by atoms with van der Waals surface area (Å²) in [7, 11) is 0. The van der Waals surface area contributed by atoms with Gasteiger partial charge in [-0.25, -0.2) is 4.98 Å². The van der Waals surface area contributed by atoms with E-state index in [9.17, 15) is 9.59 Å². The van der Waals surface area contributed by atoms with E-state index in [1.165, 1.54) is 11.8 Å². The first-order valence-electron chi connectivity index (χ1n) is 9.51. The van der Waals surface area contributed by atoms with Crippen LogP contribution in [0.2, 0.25) is 0 Å². The summed E-state index contributed by atoms with van der Waals surface area (Å²) in [6.45, 7) is 0.362. The number of imidazole rings is 1. The fourth-order valence-electron chi connectivity index (χ4n) is 3.09. The van der Waals surface area contributed by atoms with Crippen LogP contribution in [0.3, 0.4) is 0 Å². The second-order valence-corrected chi connectivity index (χ2v) is 7.72. The fourth-order valence-corrected chi connectivity index (χ4v) is 3.63. The number of hydrogen-bond acceptors (Lipinski definition) is 4. The van der Waals surface area contributed by atoms with Crippen molar-refractivity contribution in [1.82, 2.24) is 14.9 Å². The molecule has 0 spiro atoms. The molecule has 6 nitrogen and oxygen atoms in total. The average Bonchev–Trinajstić information content (AvgIpc) is 3.52. The van der Waals surface area contributed by atoms with Crippen molar-refractivity contribution >= 4 is 29.3 Å². The maximum atomic E-state index is 12.9.